The van der Waals surface area contributed by atoms with Crippen LogP contribution in [0, 0.1) is 0 Å². The highest BCUT2D eigenvalue weighted by molar-refractivity contribution is 9.09. The lowest BCUT2D eigenvalue weighted by atomic mass is 9.85. The van der Waals surface area contributed by atoms with E-state index in [9.17, 15) is 0 Å². The molecule has 2 unspecified atom stereocenters. The molecule has 0 spiro atoms. The molecule has 0 radical (unpaired) electrons. The number of halogens is 1. The molecule has 0 N–H and O–H groups in total. The van der Waals surface area contributed by atoms with Gasteiger partial charge >= 0.3 is 0 Å². The van der Waals surface area contributed by atoms with Crippen LogP contribution >= 0.6 is 15.9 Å². The lowest BCUT2D eigenvalue weighted by Crippen LogP contribution is -2.13. The van der Waals surface area contributed by atoms with Crippen LogP contribution in [-0.4, -0.2) is 16.4 Å². The first-order valence-electron chi connectivity index (χ1n) is 6.01. The summed E-state index contributed by atoms with van der Waals surface area (Å²) in [4.78, 5) is 4.93. The van der Waals surface area contributed by atoms with Gasteiger partial charge in [0.05, 0.1) is 12.8 Å². The van der Waals surface area contributed by atoms with Gasteiger partial charge in [0.1, 0.15) is 5.75 Å². The molecule has 1 fully saturated rings. The Bertz CT molecular complexity index is 342. The van der Waals surface area contributed by atoms with Crippen molar-refractivity contribution >= 4 is 15.9 Å². The number of pyridine rings is 1. The van der Waals surface area contributed by atoms with Crippen molar-refractivity contribution in [3.05, 3.63) is 24.0 Å². The Morgan fingerprint density at radius 2 is 2.31 bits per heavy atom. The molecule has 0 amide bonds. The molecule has 0 saturated heterocycles. The average molecular weight is 284 g/mol. The summed E-state index contributed by atoms with van der Waals surface area (Å²) in [6.07, 6.45) is 8.88. The summed E-state index contributed by atoms with van der Waals surface area (Å²) in [6.45, 7) is 2.71. The lowest BCUT2D eigenvalue weighted by molar-refractivity contribution is 0.337. The lowest BCUT2D eigenvalue weighted by Gasteiger charge is -2.25. The normalized spacial score (nSPS) is 25.4. The summed E-state index contributed by atoms with van der Waals surface area (Å²) < 4.78 is 5.49. The smallest absolute Gasteiger partial charge is 0.137 e. The van der Waals surface area contributed by atoms with Crippen molar-refractivity contribution in [3.8, 4) is 5.75 Å². The van der Waals surface area contributed by atoms with Gasteiger partial charge in [-0.2, -0.15) is 0 Å². The van der Waals surface area contributed by atoms with Crippen LogP contribution in [0.4, 0.5) is 0 Å². The minimum atomic E-state index is 0.644. The van der Waals surface area contributed by atoms with Crippen molar-refractivity contribution in [1.29, 1.82) is 0 Å². The standard InChI is InChI=1S/C13H18BrNO/c1-2-16-13-7-11(8-15-9-13)10-4-3-5-12(14)6-10/h7-10,12H,2-6H2,1H3. The van der Waals surface area contributed by atoms with Crippen LogP contribution in [0.15, 0.2) is 18.5 Å². The number of aromatic nitrogens is 1. The fourth-order valence-corrected chi connectivity index (χ4v) is 3.11. The third-order valence-electron chi connectivity index (χ3n) is 3.13. The Kier molecular flexibility index (Phi) is 4.22. The highest BCUT2D eigenvalue weighted by atomic mass is 79.9. The van der Waals surface area contributed by atoms with E-state index in [0.29, 0.717) is 17.4 Å². The maximum atomic E-state index is 5.49. The maximum Gasteiger partial charge on any atom is 0.137 e. The Labute approximate surface area is 106 Å². The SMILES string of the molecule is CCOc1cncc(C2CCCC(Br)C2)c1. The molecule has 1 aromatic rings. The zero-order valence-corrected chi connectivity index (χ0v) is 11.2. The predicted molar refractivity (Wildman–Crippen MR) is 69.3 cm³/mol. The van der Waals surface area contributed by atoms with Gasteiger partial charge in [0.25, 0.3) is 0 Å². The second-order valence-corrected chi connectivity index (χ2v) is 5.64. The minimum Gasteiger partial charge on any atom is -0.492 e. The summed E-state index contributed by atoms with van der Waals surface area (Å²) in [5, 5.41) is 0. The molecule has 0 aliphatic heterocycles. The molecule has 1 aliphatic carbocycles. The van der Waals surface area contributed by atoms with E-state index in [0.717, 1.165) is 5.75 Å². The molecule has 1 aromatic heterocycles. The minimum absolute atomic E-state index is 0.644. The Morgan fingerprint density at radius 1 is 1.44 bits per heavy atom. The van der Waals surface area contributed by atoms with Crippen LogP contribution in [0.25, 0.3) is 0 Å². The highest BCUT2D eigenvalue weighted by Gasteiger charge is 2.21. The largest absolute Gasteiger partial charge is 0.492 e. The average Bonchev–Trinajstić information content (AvgIpc) is 2.30. The molecule has 1 aliphatic rings. The number of hydrogen-bond donors (Lipinski definition) is 0. The van der Waals surface area contributed by atoms with Crippen LogP contribution in [0.5, 0.6) is 5.75 Å². The number of rotatable bonds is 3. The van der Waals surface area contributed by atoms with Crippen molar-refractivity contribution in [2.24, 2.45) is 0 Å². The van der Waals surface area contributed by atoms with Crippen LogP contribution in [0.1, 0.15) is 44.1 Å². The van der Waals surface area contributed by atoms with Crippen LogP contribution < -0.4 is 4.74 Å². The Morgan fingerprint density at radius 3 is 3.06 bits per heavy atom. The van der Waals surface area contributed by atoms with E-state index in [2.05, 4.69) is 27.0 Å². The van der Waals surface area contributed by atoms with Gasteiger partial charge in [0.15, 0.2) is 0 Å². The first-order valence-corrected chi connectivity index (χ1v) is 6.93. The zero-order valence-electron chi connectivity index (χ0n) is 9.66. The summed E-state index contributed by atoms with van der Waals surface area (Å²) in [5.41, 5.74) is 1.33. The second kappa shape index (κ2) is 5.67. The Balaban J connectivity index is 2.09. The first-order chi connectivity index (χ1) is 7.79. The van der Waals surface area contributed by atoms with Crippen molar-refractivity contribution in [2.45, 2.75) is 43.4 Å². The van der Waals surface area contributed by atoms with E-state index < -0.39 is 0 Å². The highest BCUT2D eigenvalue weighted by Crippen LogP contribution is 2.36. The predicted octanol–water partition coefficient (Wildman–Crippen LogP) is 3.90. The fraction of sp³-hybridized carbons (Fsp3) is 0.615. The number of hydrogen-bond acceptors (Lipinski definition) is 2. The molecular weight excluding hydrogens is 266 g/mol. The molecule has 88 valence electrons. The van der Waals surface area contributed by atoms with Gasteiger partial charge in [0, 0.05) is 11.0 Å². The van der Waals surface area contributed by atoms with E-state index in [1.54, 1.807) is 6.20 Å². The molecule has 2 nitrogen and oxygen atoms in total. The summed E-state index contributed by atoms with van der Waals surface area (Å²) in [5.74, 6) is 1.54. The molecule has 3 heteroatoms. The van der Waals surface area contributed by atoms with Crippen LogP contribution in [0.3, 0.4) is 0 Å². The molecule has 0 aromatic carbocycles. The van der Waals surface area contributed by atoms with Crippen molar-refractivity contribution in [1.82, 2.24) is 4.98 Å². The van der Waals surface area contributed by atoms with Gasteiger partial charge in [-0.1, -0.05) is 22.4 Å². The monoisotopic (exact) mass is 283 g/mol. The van der Waals surface area contributed by atoms with E-state index in [-0.39, 0.29) is 0 Å². The van der Waals surface area contributed by atoms with Crippen molar-refractivity contribution in [3.63, 3.8) is 0 Å². The number of ether oxygens (including phenoxy) is 1. The molecule has 2 rings (SSSR count). The zero-order chi connectivity index (χ0) is 11.4. The van der Waals surface area contributed by atoms with E-state index in [1.807, 2.05) is 13.1 Å². The van der Waals surface area contributed by atoms with Crippen molar-refractivity contribution < 1.29 is 4.74 Å². The third kappa shape index (κ3) is 2.97. The molecule has 1 heterocycles. The van der Waals surface area contributed by atoms with Gasteiger partial charge in [-0.3, -0.25) is 4.98 Å². The topological polar surface area (TPSA) is 22.1 Å². The molecule has 1 saturated carbocycles. The second-order valence-electron chi connectivity index (χ2n) is 4.35. The maximum absolute atomic E-state index is 5.49. The van der Waals surface area contributed by atoms with Gasteiger partial charge in [0.2, 0.25) is 0 Å². The summed E-state index contributed by atoms with van der Waals surface area (Å²) >= 11 is 3.72. The van der Waals surface area contributed by atoms with E-state index >= 15 is 0 Å². The number of alkyl halides is 1. The van der Waals surface area contributed by atoms with Gasteiger partial charge in [-0.15, -0.1) is 0 Å². The molecule has 0 bridgehead atoms. The molecule has 16 heavy (non-hydrogen) atoms. The van der Waals surface area contributed by atoms with Crippen LogP contribution in [0.2, 0.25) is 0 Å². The fourth-order valence-electron chi connectivity index (χ4n) is 2.34. The van der Waals surface area contributed by atoms with E-state index in [1.165, 1.54) is 31.2 Å². The number of nitrogens with zero attached hydrogens (tertiary/aromatic N) is 1. The molecule has 2 atom stereocenters. The molecular formula is C13H18BrNO. The van der Waals surface area contributed by atoms with Crippen molar-refractivity contribution in [2.75, 3.05) is 6.61 Å². The third-order valence-corrected chi connectivity index (χ3v) is 3.96. The summed E-state index contributed by atoms with van der Waals surface area (Å²) in [7, 11) is 0. The van der Waals surface area contributed by atoms with Gasteiger partial charge in [-0.25, -0.2) is 0 Å². The first kappa shape index (κ1) is 11.9. The summed E-state index contributed by atoms with van der Waals surface area (Å²) in [6, 6.07) is 2.15. The quantitative estimate of drug-likeness (QED) is 0.785. The van der Waals surface area contributed by atoms with E-state index in [4.69, 9.17) is 4.74 Å². The van der Waals surface area contributed by atoms with Gasteiger partial charge in [-0.05, 0) is 43.7 Å². The van der Waals surface area contributed by atoms with Gasteiger partial charge < -0.3 is 4.74 Å². The Hall–Kier alpha value is -0.570. The van der Waals surface area contributed by atoms with Crippen LogP contribution in [-0.2, 0) is 0 Å².